The zero-order valence-corrected chi connectivity index (χ0v) is 13.0. The van der Waals surface area contributed by atoms with Gasteiger partial charge in [-0.3, -0.25) is 4.79 Å². The summed E-state index contributed by atoms with van der Waals surface area (Å²) >= 11 is 1.71. The highest BCUT2D eigenvalue weighted by molar-refractivity contribution is 7.11. The molecule has 1 amide bonds. The van der Waals surface area contributed by atoms with Crippen molar-refractivity contribution in [1.29, 1.82) is 0 Å². The van der Waals surface area contributed by atoms with Crippen molar-refractivity contribution in [3.05, 3.63) is 40.3 Å². The number of carbonyl (C=O) groups excluding carboxylic acids is 1. The van der Waals surface area contributed by atoms with Gasteiger partial charge in [-0.15, -0.1) is 11.3 Å². The summed E-state index contributed by atoms with van der Waals surface area (Å²) in [7, 11) is 1.50. The Balaban J connectivity index is 1.92. The van der Waals surface area contributed by atoms with Crippen LogP contribution in [0.3, 0.4) is 0 Å². The molecule has 2 aromatic rings. The van der Waals surface area contributed by atoms with Gasteiger partial charge < -0.3 is 15.4 Å². The van der Waals surface area contributed by atoms with Crippen LogP contribution in [0.5, 0.6) is 0 Å². The molecular weight excluding hydrogens is 286 g/mol. The molecule has 0 aliphatic carbocycles. The summed E-state index contributed by atoms with van der Waals surface area (Å²) in [6.45, 7) is 2.88. The molecule has 0 spiro atoms. The van der Waals surface area contributed by atoms with Crippen molar-refractivity contribution in [2.24, 2.45) is 0 Å². The first kappa shape index (κ1) is 15.5. The molecule has 2 rings (SSSR count). The molecule has 112 valence electrons. The molecule has 0 radical (unpaired) electrons. The van der Waals surface area contributed by atoms with Crippen LogP contribution in [-0.4, -0.2) is 24.6 Å². The van der Waals surface area contributed by atoms with Crippen LogP contribution >= 0.6 is 11.3 Å². The van der Waals surface area contributed by atoms with Gasteiger partial charge in [-0.2, -0.15) is 0 Å². The van der Waals surface area contributed by atoms with Crippen molar-refractivity contribution in [2.45, 2.75) is 19.9 Å². The van der Waals surface area contributed by atoms with Gasteiger partial charge >= 0.3 is 0 Å². The van der Waals surface area contributed by atoms with E-state index in [9.17, 15) is 4.79 Å². The topological polar surface area (TPSA) is 63.2 Å². The van der Waals surface area contributed by atoms with E-state index in [-0.39, 0.29) is 12.5 Å². The van der Waals surface area contributed by atoms with E-state index in [0.717, 1.165) is 29.3 Å². The summed E-state index contributed by atoms with van der Waals surface area (Å²) in [4.78, 5) is 17.0. The van der Waals surface area contributed by atoms with Crippen LogP contribution in [0.25, 0.3) is 0 Å². The zero-order chi connectivity index (χ0) is 15.1. The number of rotatable bonds is 7. The lowest BCUT2D eigenvalue weighted by molar-refractivity contribution is -0.119. The van der Waals surface area contributed by atoms with Crippen LogP contribution in [-0.2, 0) is 22.5 Å². The van der Waals surface area contributed by atoms with Crippen molar-refractivity contribution >= 4 is 28.6 Å². The summed E-state index contributed by atoms with van der Waals surface area (Å²) < 4.78 is 4.79. The van der Waals surface area contributed by atoms with Crippen molar-refractivity contribution in [3.63, 3.8) is 0 Å². The maximum Gasteiger partial charge on any atom is 0.250 e. The summed E-state index contributed by atoms with van der Waals surface area (Å²) in [6.07, 6.45) is 2.87. The second-order valence-corrected chi connectivity index (χ2v) is 5.69. The summed E-state index contributed by atoms with van der Waals surface area (Å²) in [5.41, 5.74) is 1.71. The van der Waals surface area contributed by atoms with Gasteiger partial charge in [0, 0.05) is 29.6 Å². The maximum absolute atomic E-state index is 11.5. The van der Waals surface area contributed by atoms with E-state index in [1.165, 1.54) is 12.0 Å². The summed E-state index contributed by atoms with van der Waals surface area (Å²) in [5, 5.41) is 7.26. The Morgan fingerprint density at radius 2 is 2.19 bits per heavy atom. The molecule has 0 fully saturated rings. The highest BCUT2D eigenvalue weighted by Crippen LogP contribution is 2.18. The van der Waals surface area contributed by atoms with Gasteiger partial charge in [0.2, 0.25) is 5.91 Å². The van der Waals surface area contributed by atoms with Crippen LogP contribution in [0.15, 0.2) is 30.5 Å². The largest absolute Gasteiger partial charge is 0.380 e. The number of amides is 1. The minimum Gasteiger partial charge on any atom is -0.380 e. The molecule has 2 N–H and O–H groups in total. The van der Waals surface area contributed by atoms with Crippen LogP contribution in [0.1, 0.15) is 16.8 Å². The predicted octanol–water partition coefficient (Wildman–Crippen LogP) is 2.90. The quantitative estimate of drug-likeness (QED) is 0.825. The van der Waals surface area contributed by atoms with E-state index < -0.39 is 0 Å². The molecule has 21 heavy (non-hydrogen) atoms. The number of nitrogens with zero attached hydrogens (tertiary/aromatic N) is 1. The van der Waals surface area contributed by atoms with Crippen LogP contribution in [0.4, 0.5) is 11.4 Å². The predicted molar refractivity (Wildman–Crippen MR) is 85.8 cm³/mol. The number of hydrogen-bond acceptors (Lipinski definition) is 5. The van der Waals surface area contributed by atoms with E-state index in [1.807, 2.05) is 30.5 Å². The minimum atomic E-state index is -0.162. The van der Waals surface area contributed by atoms with Gasteiger partial charge in [-0.05, 0) is 24.6 Å². The highest BCUT2D eigenvalue weighted by Gasteiger charge is 2.03. The van der Waals surface area contributed by atoms with Crippen LogP contribution < -0.4 is 10.6 Å². The van der Waals surface area contributed by atoms with E-state index in [4.69, 9.17) is 4.74 Å². The zero-order valence-electron chi connectivity index (χ0n) is 12.2. The fourth-order valence-corrected chi connectivity index (χ4v) is 2.62. The van der Waals surface area contributed by atoms with Gasteiger partial charge in [0.1, 0.15) is 6.61 Å². The number of nitrogens with one attached hydrogen (secondary N) is 2. The van der Waals surface area contributed by atoms with Crippen LogP contribution in [0.2, 0.25) is 0 Å². The Hall–Kier alpha value is -1.92. The minimum absolute atomic E-state index is 0.0539. The molecule has 1 heterocycles. The molecule has 0 atom stereocenters. The number of aryl methyl sites for hydroxylation is 1. The lowest BCUT2D eigenvalue weighted by atomic mass is 10.2. The fraction of sp³-hybridized carbons (Fsp3) is 0.333. The molecule has 0 saturated carbocycles. The Kier molecular flexibility index (Phi) is 5.71. The molecule has 0 saturated heterocycles. The number of hydrogen-bond donors (Lipinski definition) is 2. The summed E-state index contributed by atoms with van der Waals surface area (Å²) in [5.74, 6) is -0.162. The molecule has 0 bridgehead atoms. The first-order valence-corrected chi connectivity index (χ1v) is 7.59. The van der Waals surface area contributed by atoms with Crippen molar-refractivity contribution in [3.8, 4) is 0 Å². The Morgan fingerprint density at radius 3 is 2.90 bits per heavy atom. The molecular formula is C15H19N3O2S. The number of carbonyl (C=O) groups is 1. The first-order chi connectivity index (χ1) is 10.2. The lowest BCUT2D eigenvalue weighted by Gasteiger charge is -2.08. The van der Waals surface area contributed by atoms with Crippen molar-refractivity contribution in [1.82, 2.24) is 4.98 Å². The van der Waals surface area contributed by atoms with Crippen LogP contribution in [0, 0.1) is 0 Å². The Labute approximate surface area is 128 Å². The van der Waals surface area contributed by atoms with E-state index in [0.29, 0.717) is 0 Å². The average molecular weight is 305 g/mol. The molecule has 0 aliphatic heterocycles. The molecule has 6 heteroatoms. The Morgan fingerprint density at radius 1 is 1.38 bits per heavy atom. The molecule has 1 aromatic carbocycles. The number of benzene rings is 1. The molecule has 0 aliphatic rings. The van der Waals surface area contributed by atoms with E-state index >= 15 is 0 Å². The molecule has 1 aromatic heterocycles. The van der Waals surface area contributed by atoms with Crippen molar-refractivity contribution < 1.29 is 9.53 Å². The van der Waals surface area contributed by atoms with Gasteiger partial charge in [0.25, 0.3) is 0 Å². The van der Waals surface area contributed by atoms with Gasteiger partial charge in [-0.25, -0.2) is 4.98 Å². The third-order valence-electron chi connectivity index (χ3n) is 2.79. The first-order valence-electron chi connectivity index (χ1n) is 6.77. The number of thiazole rings is 1. The third kappa shape index (κ3) is 4.84. The van der Waals surface area contributed by atoms with E-state index in [2.05, 4.69) is 22.5 Å². The highest BCUT2D eigenvalue weighted by atomic mass is 32.1. The number of anilines is 2. The SMILES string of the molecule is CCc1ncc(CNc2cccc(NC(=O)COC)c2)s1. The van der Waals surface area contributed by atoms with Gasteiger partial charge in [-0.1, -0.05) is 13.0 Å². The van der Waals surface area contributed by atoms with Gasteiger partial charge in [0.15, 0.2) is 0 Å². The number of ether oxygens (including phenoxy) is 1. The molecule has 0 unspecified atom stereocenters. The van der Waals surface area contributed by atoms with E-state index in [1.54, 1.807) is 11.3 Å². The Bertz CT molecular complexity index is 598. The second-order valence-electron chi connectivity index (χ2n) is 4.49. The second kappa shape index (κ2) is 7.75. The number of aromatic nitrogens is 1. The monoisotopic (exact) mass is 305 g/mol. The fourth-order valence-electron chi connectivity index (χ4n) is 1.82. The van der Waals surface area contributed by atoms with Crippen molar-refractivity contribution in [2.75, 3.05) is 24.4 Å². The average Bonchev–Trinajstić information content (AvgIpc) is 2.94. The lowest BCUT2D eigenvalue weighted by Crippen LogP contribution is -2.17. The standard InChI is InChI=1S/C15H19N3O2S/c1-3-15-17-9-13(21-15)8-16-11-5-4-6-12(7-11)18-14(19)10-20-2/h4-7,9,16H,3,8,10H2,1-2H3,(H,18,19). The summed E-state index contributed by atoms with van der Waals surface area (Å²) in [6, 6.07) is 7.61. The maximum atomic E-state index is 11.5. The molecule has 5 nitrogen and oxygen atoms in total. The number of methoxy groups -OCH3 is 1. The third-order valence-corrected chi connectivity index (χ3v) is 3.93. The normalized spacial score (nSPS) is 10.4. The van der Waals surface area contributed by atoms with Gasteiger partial charge in [0.05, 0.1) is 11.6 Å². The smallest absolute Gasteiger partial charge is 0.250 e.